The Labute approximate surface area is 113 Å². The lowest BCUT2D eigenvalue weighted by Crippen LogP contribution is -2.30. The van der Waals surface area contributed by atoms with Crippen molar-refractivity contribution < 1.29 is 8.42 Å². The van der Waals surface area contributed by atoms with Crippen LogP contribution in [0.15, 0.2) is 23.1 Å². The van der Waals surface area contributed by atoms with Gasteiger partial charge in [0.05, 0.1) is 15.9 Å². The average molecular weight is 281 g/mol. The molecule has 0 aliphatic carbocycles. The summed E-state index contributed by atoms with van der Waals surface area (Å²) in [5.41, 5.74) is 1.66. The molecule has 0 bridgehead atoms. The third kappa shape index (κ3) is 2.26. The van der Waals surface area contributed by atoms with E-state index in [0.29, 0.717) is 23.5 Å². The summed E-state index contributed by atoms with van der Waals surface area (Å²) < 4.78 is 28.2. The lowest BCUT2D eigenvalue weighted by molar-refractivity contribution is 0.445. The number of aromatic nitrogens is 2. The molecular weight excluding hydrogens is 262 g/mol. The molecule has 0 amide bonds. The SMILES string of the molecule is CCN(CC)S(=O)(=O)c1ccc2c(c1)nc(C)n2C. The van der Waals surface area contributed by atoms with Gasteiger partial charge in [-0.2, -0.15) is 4.31 Å². The van der Waals surface area contributed by atoms with Crippen LogP contribution in [0.4, 0.5) is 0 Å². The lowest BCUT2D eigenvalue weighted by Gasteiger charge is -2.18. The van der Waals surface area contributed by atoms with E-state index in [1.54, 1.807) is 12.1 Å². The first-order valence-electron chi connectivity index (χ1n) is 6.35. The molecule has 6 heteroatoms. The molecule has 0 spiro atoms. The second-order valence-electron chi connectivity index (χ2n) is 4.46. The first kappa shape index (κ1) is 14.0. The highest BCUT2D eigenvalue weighted by atomic mass is 32.2. The smallest absolute Gasteiger partial charge is 0.243 e. The number of rotatable bonds is 4. The normalized spacial score (nSPS) is 12.5. The Morgan fingerprint density at radius 2 is 1.89 bits per heavy atom. The van der Waals surface area contributed by atoms with Crippen LogP contribution in [0.5, 0.6) is 0 Å². The fourth-order valence-electron chi connectivity index (χ4n) is 2.17. The molecule has 1 heterocycles. The zero-order valence-electron chi connectivity index (χ0n) is 11.7. The van der Waals surface area contributed by atoms with Crippen LogP contribution in [0.1, 0.15) is 19.7 Å². The van der Waals surface area contributed by atoms with Crippen molar-refractivity contribution in [2.45, 2.75) is 25.7 Å². The van der Waals surface area contributed by atoms with Crippen molar-refractivity contribution in [2.24, 2.45) is 7.05 Å². The summed E-state index contributed by atoms with van der Waals surface area (Å²) in [5, 5.41) is 0. The zero-order chi connectivity index (χ0) is 14.2. The summed E-state index contributed by atoms with van der Waals surface area (Å²) >= 11 is 0. The van der Waals surface area contributed by atoms with Crippen LogP contribution >= 0.6 is 0 Å². The van der Waals surface area contributed by atoms with E-state index in [2.05, 4.69) is 4.98 Å². The summed E-state index contributed by atoms with van der Waals surface area (Å²) in [4.78, 5) is 4.69. The van der Waals surface area contributed by atoms with Gasteiger partial charge in [-0.1, -0.05) is 13.8 Å². The lowest BCUT2D eigenvalue weighted by atomic mass is 10.3. The monoisotopic (exact) mass is 281 g/mol. The van der Waals surface area contributed by atoms with Gasteiger partial charge in [-0.3, -0.25) is 0 Å². The van der Waals surface area contributed by atoms with E-state index in [1.165, 1.54) is 4.31 Å². The first-order chi connectivity index (χ1) is 8.91. The van der Waals surface area contributed by atoms with Crippen LogP contribution in [0.2, 0.25) is 0 Å². The second kappa shape index (κ2) is 4.94. The highest BCUT2D eigenvalue weighted by Gasteiger charge is 2.22. The maximum Gasteiger partial charge on any atom is 0.243 e. The van der Waals surface area contributed by atoms with Crippen molar-refractivity contribution in [3.8, 4) is 0 Å². The molecule has 104 valence electrons. The summed E-state index contributed by atoms with van der Waals surface area (Å²) in [5.74, 6) is 0.868. The van der Waals surface area contributed by atoms with Gasteiger partial charge in [-0.25, -0.2) is 13.4 Å². The van der Waals surface area contributed by atoms with E-state index in [0.717, 1.165) is 11.3 Å². The third-order valence-electron chi connectivity index (χ3n) is 3.42. The van der Waals surface area contributed by atoms with Crippen LogP contribution in [0.25, 0.3) is 11.0 Å². The predicted octanol–water partition coefficient (Wildman–Crippen LogP) is 1.91. The van der Waals surface area contributed by atoms with Crippen molar-refractivity contribution in [3.05, 3.63) is 24.0 Å². The molecule has 0 aliphatic rings. The summed E-state index contributed by atoms with van der Waals surface area (Å²) in [6, 6.07) is 5.11. The van der Waals surface area contributed by atoms with Gasteiger partial charge < -0.3 is 4.57 Å². The Balaban J connectivity index is 2.58. The van der Waals surface area contributed by atoms with Crippen LogP contribution in [-0.2, 0) is 17.1 Å². The number of nitrogens with zero attached hydrogens (tertiary/aromatic N) is 3. The molecule has 1 aromatic heterocycles. The van der Waals surface area contributed by atoms with Gasteiger partial charge in [0.15, 0.2) is 0 Å². The fourth-order valence-corrected chi connectivity index (χ4v) is 3.65. The summed E-state index contributed by atoms with van der Waals surface area (Å²) in [6.45, 7) is 6.52. The van der Waals surface area contributed by atoms with Gasteiger partial charge in [0.2, 0.25) is 10.0 Å². The molecule has 0 unspecified atom stereocenters. The minimum Gasteiger partial charge on any atom is -0.331 e. The van der Waals surface area contributed by atoms with Crippen molar-refractivity contribution >= 4 is 21.1 Å². The number of benzene rings is 1. The molecule has 0 atom stereocenters. The number of hydrogen-bond acceptors (Lipinski definition) is 3. The number of hydrogen-bond donors (Lipinski definition) is 0. The topological polar surface area (TPSA) is 55.2 Å². The minimum atomic E-state index is -3.41. The Hall–Kier alpha value is -1.40. The highest BCUT2D eigenvalue weighted by molar-refractivity contribution is 7.89. The van der Waals surface area contributed by atoms with Crippen molar-refractivity contribution in [1.82, 2.24) is 13.9 Å². The van der Waals surface area contributed by atoms with E-state index in [-0.39, 0.29) is 0 Å². The van der Waals surface area contributed by atoms with E-state index < -0.39 is 10.0 Å². The third-order valence-corrected chi connectivity index (χ3v) is 5.46. The molecule has 0 N–H and O–H groups in total. The van der Waals surface area contributed by atoms with Gasteiger partial charge >= 0.3 is 0 Å². The Kier molecular flexibility index (Phi) is 3.64. The fraction of sp³-hybridized carbons (Fsp3) is 0.462. The molecule has 0 aliphatic heterocycles. The summed E-state index contributed by atoms with van der Waals surface area (Å²) in [6.07, 6.45) is 0. The number of aryl methyl sites for hydroxylation is 2. The number of imidazole rings is 1. The van der Waals surface area contributed by atoms with Crippen LogP contribution < -0.4 is 0 Å². The van der Waals surface area contributed by atoms with Gasteiger partial charge in [0.1, 0.15) is 5.82 Å². The molecular formula is C13H19N3O2S. The average Bonchev–Trinajstić information content (AvgIpc) is 2.66. The quantitative estimate of drug-likeness (QED) is 0.860. The van der Waals surface area contributed by atoms with E-state index >= 15 is 0 Å². The first-order valence-corrected chi connectivity index (χ1v) is 7.79. The van der Waals surface area contributed by atoms with Crippen LogP contribution in [-0.4, -0.2) is 35.4 Å². The van der Waals surface area contributed by atoms with E-state index in [9.17, 15) is 8.42 Å². The number of sulfonamides is 1. The van der Waals surface area contributed by atoms with E-state index in [1.807, 2.05) is 38.5 Å². The molecule has 0 radical (unpaired) electrons. The molecule has 2 rings (SSSR count). The maximum atomic E-state index is 12.4. The molecule has 0 saturated carbocycles. The Bertz CT molecular complexity index is 700. The highest BCUT2D eigenvalue weighted by Crippen LogP contribution is 2.21. The standard InChI is InChI=1S/C13H19N3O2S/c1-5-16(6-2)19(17,18)11-7-8-13-12(9-11)14-10(3)15(13)4/h7-9H,5-6H2,1-4H3. The molecule has 19 heavy (non-hydrogen) atoms. The maximum absolute atomic E-state index is 12.4. The van der Waals surface area contributed by atoms with Gasteiger partial charge in [-0.05, 0) is 25.1 Å². The molecule has 0 saturated heterocycles. The molecule has 1 aromatic carbocycles. The second-order valence-corrected chi connectivity index (χ2v) is 6.40. The Morgan fingerprint density at radius 1 is 1.26 bits per heavy atom. The predicted molar refractivity (Wildman–Crippen MR) is 75.6 cm³/mol. The van der Waals surface area contributed by atoms with Gasteiger partial charge in [0, 0.05) is 20.1 Å². The minimum absolute atomic E-state index is 0.307. The van der Waals surface area contributed by atoms with E-state index in [4.69, 9.17) is 0 Å². The van der Waals surface area contributed by atoms with Crippen molar-refractivity contribution in [3.63, 3.8) is 0 Å². The van der Waals surface area contributed by atoms with Gasteiger partial charge in [-0.15, -0.1) is 0 Å². The largest absolute Gasteiger partial charge is 0.331 e. The van der Waals surface area contributed by atoms with Crippen LogP contribution in [0, 0.1) is 6.92 Å². The molecule has 0 fully saturated rings. The molecule has 5 nitrogen and oxygen atoms in total. The number of fused-ring (bicyclic) bond motifs is 1. The van der Waals surface area contributed by atoms with Crippen molar-refractivity contribution in [2.75, 3.05) is 13.1 Å². The van der Waals surface area contributed by atoms with Crippen LogP contribution in [0.3, 0.4) is 0 Å². The Morgan fingerprint density at radius 3 is 2.47 bits per heavy atom. The van der Waals surface area contributed by atoms with Gasteiger partial charge in [0.25, 0.3) is 0 Å². The molecule has 2 aromatic rings. The zero-order valence-corrected chi connectivity index (χ0v) is 12.5. The van der Waals surface area contributed by atoms with Crippen molar-refractivity contribution in [1.29, 1.82) is 0 Å². The summed E-state index contributed by atoms with van der Waals surface area (Å²) in [7, 11) is -1.49.